The molecule has 1 aliphatic heterocycles. The molecule has 10 heteroatoms. The first-order valence-electron chi connectivity index (χ1n) is 9.62. The lowest BCUT2D eigenvalue weighted by Gasteiger charge is -2.26. The van der Waals surface area contributed by atoms with E-state index in [0.29, 0.717) is 17.2 Å². The van der Waals surface area contributed by atoms with Crippen LogP contribution in [0.2, 0.25) is 0 Å². The largest absolute Gasteiger partial charge is 0.497 e. The number of carbonyl (C=O) groups excluding carboxylic acids is 2. The summed E-state index contributed by atoms with van der Waals surface area (Å²) in [5.41, 5.74) is 0.380. The SMILES string of the molecule is COc1ccc(S(=O)(=O)N(Cc2ccco2)C2CC(=O)N(c3ccc(Br)cc3)C2=O)cc1. The zero-order valence-corrected chi connectivity index (χ0v) is 19.4. The van der Waals surface area contributed by atoms with Gasteiger partial charge in [0.25, 0.3) is 5.91 Å². The van der Waals surface area contributed by atoms with Gasteiger partial charge in [-0.15, -0.1) is 0 Å². The highest BCUT2D eigenvalue weighted by molar-refractivity contribution is 9.10. The van der Waals surface area contributed by atoms with Crippen LogP contribution in [0.25, 0.3) is 0 Å². The summed E-state index contributed by atoms with van der Waals surface area (Å²) in [7, 11) is -2.67. The number of ether oxygens (including phenoxy) is 1. The third kappa shape index (κ3) is 4.21. The van der Waals surface area contributed by atoms with Gasteiger partial charge in [-0.1, -0.05) is 15.9 Å². The van der Waals surface area contributed by atoms with Crippen molar-refractivity contribution in [1.82, 2.24) is 4.31 Å². The molecule has 0 N–H and O–H groups in total. The minimum absolute atomic E-state index is 0.0211. The summed E-state index contributed by atoms with van der Waals surface area (Å²) < 4.78 is 39.3. The van der Waals surface area contributed by atoms with Crippen LogP contribution in [0, 0.1) is 0 Å². The number of methoxy groups -OCH3 is 1. The number of nitrogens with zero attached hydrogens (tertiary/aromatic N) is 2. The van der Waals surface area contributed by atoms with Gasteiger partial charge in [-0.3, -0.25) is 9.59 Å². The van der Waals surface area contributed by atoms with E-state index in [2.05, 4.69) is 15.9 Å². The molecular weight excluding hydrogens is 500 g/mol. The monoisotopic (exact) mass is 518 g/mol. The number of imide groups is 1. The standard InChI is InChI=1S/C22H19BrN2O6S/c1-30-17-8-10-19(11-9-17)32(28,29)24(14-18-3-2-12-31-18)20-13-21(26)25(22(20)27)16-6-4-15(23)5-7-16/h2-12,20H,13-14H2,1H3. The van der Waals surface area contributed by atoms with Crippen LogP contribution in [0.3, 0.4) is 0 Å². The molecule has 166 valence electrons. The van der Waals surface area contributed by atoms with E-state index in [9.17, 15) is 18.0 Å². The van der Waals surface area contributed by atoms with Crippen LogP contribution in [0.5, 0.6) is 5.75 Å². The lowest BCUT2D eigenvalue weighted by atomic mass is 10.2. The summed E-state index contributed by atoms with van der Waals surface area (Å²) in [6.07, 6.45) is 1.15. The molecule has 0 saturated carbocycles. The maximum absolute atomic E-state index is 13.5. The number of halogens is 1. The molecule has 1 atom stereocenters. The number of sulfonamides is 1. The average Bonchev–Trinajstić information content (AvgIpc) is 3.40. The highest BCUT2D eigenvalue weighted by Gasteiger charge is 2.47. The van der Waals surface area contributed by atoms with Gasteiger partial charge in [0, 0.05) is 4.47 Å². The van der Waals surface area contributed by atoms with Crippen molar-refractivity contribution in [2.45, 2.75) is 23.9 Å². The summed E-state index contributed by atoms with van der Waals surface area (Å²) in [5, 5.41) is 0. The Bertz CT molecular complexity index is 1220. The van der Waals surface area contributed by atoms with Crippen molar-refractivity contribution in [3.05, 3.63) is 77.2 Å². The molecular formula is C22H19BrN2O6S. The normalized spacial score (nSPS) is 16.7. The maximum atomic E-state index is 13.5. The van der Waals surface area contributed by atoms with E-state index in [0.717, 1.165) is 13.7 Å². The number of rotatable bonds is 7. The van der Waals surface area contributed by atoms with Gasteiger partial charge in [0.2, 0.25) is 15.9 Å². The lowest BCUT2D eigenvalue weighted by molar-refractivity contribution is -0.122. The molecule has 2 amide bonds. The first-order valence-corrected chi connectivity index (χ1v) is 11.8. The summed E-state index contributed by atoms with van der Waals surface area (Å²) in [6, 6.07) is 14.5. The third-order valence-electron chi connectivity index (χ3n) is 5.11. The van der Waals surface area contributed by atoms with E-state index in [-0.39, 0.29) is 17.9 Å². The number of furan rings is 1. The van der Waals surface area contributed by atoms with Crippen LogP contribution >= 0.6 is 15.9 Å². The van der Waals surface area contributed by atoms with Gasteiger partial charge < -0.3 is 9.15 Å². The van der Waals surface area contributed by atoms with Gasteiger partial charge in [-0.25, -0.2) is 13.3 Å². The van der Waals surface area contributed by atoms with Gasteiger partial charge >= 0.3 is 0 Å². The van der Waals surface area contributed by atoms with Crippen LogP contribution in [0.1, 0.15) is 12.2 Å². The van der Waals surface area contributed by atoms with Gasteiger partial charge in [0.1, 0.15) is 17.6 Å². The third-order valence-corrected chi connectivity index (χ3v) is 7.51. The van der Waals surface area contributed by atoms with Crippen LogP contribution in [-0.4, -0.2) is 37.7 Å². The van der Waals surface area contributed by atoms with Crippen molar-refractivity contribution in [2.24, 2.45) is 0 Å². The number of benzene rings is 2. The molecule has 1 saturated heterocycles. The molecule has 1 unspecified atom stereocenters. The molecule has 32 heavy (non-hydrogen) atoms. The number of hydrogen-bond donors (Lipinski definition) is 0. The van der Waals surface area contributed by atoms with Crippen molar-refractivity contribution >= 4 is 43.5 Å². The van der Waals surface area contributed by atoms with Crippen LogP contribution in [0.4, 0.5) is 5.69 Å². The first kappa shape index (κ1) is 22.3. The molecule has 0 aliphatic carbocycles. The quantitative estimate of drug-likeness (QED) is 0.443. The number of hydrogen-bond acceptors (Lipinski definition) is 6. The number of anilines is 1. The van der Waals surface area contributed by atoms with E-state index in [1.54, 1.807) is 36.4 Å². The van der Waals surface area contributed by atoms with Gasteiger partial charge in [-0.05, 0) is 60.7 Å². The van der Waals surface area contributed by atoms with Crippen LogP contribution < -0.4 is 9.64 Å². The Hall–Kier alpha value is -2.95. The second kappa shape index (κ2) is 8.89. The Kier molecular flexibility index (Phi) is 6.18. The Morgan fingerprint density at radius 1 is 1.09 bits per heavy atom. The van der Waals surface area contributed by atoms with E-state index >= 15 is 0 Å². The Balaban J connectivity index is 1.72. The predicted molar refractivity (Wildman–Crippen MR) is 119 cm³/mol. The van der Waals surface area contributed by atoms with Crippen molar-refractivity contribution < 1.29 is 27.2 Å². The fourth-order valence-electron chi connectivity index (χ4n) is 3.50. The van der Waals surface area contributed by atoms with Crippen molar-refractivity contribution in [3.63, 3.8) is 0 Å². The molecule has 1 aromatic heterocycles. The van der Waals surface area contributed by atoms with E-state index < -0.39 is 27.9 Å². The Labute approximate surface area is 193 Å². The van der Waals surface area contributed by atoms with E-state index in [1.165, 1.54) is 37.6 Å². The van der Waals surface area contributed by atoms with Crippen molar-refractivity contribution in [3.8, 4) is 5.75 Å². The maximum Gasteiger partial charge on any atom is 0.252 e. The van der Waals surface area contributed by atoms with Crippen LogP contribution in [0.15, 0.2) is 80.7 Å². The average molecular weight is 519 g/mol. The highest BCUT2D eigenvalue weighted by atomic mass is 79.9. The lowest BCUT2D eigenvalue weighted by Crippen LogP contribution is -2.45. The topological polar surface area (TPSA) is 97.1 Å². The van der Waals surface area contributed by atoms with Crippen molar-refractivity contribution in [2.75, 3.05) is 12.0 Å². The molecule has 3 aromatic rings. The summed E-state index contributed by atoms with van der Waals surface area (Å²) in [4.78, 5) is 27.1. The molecule has 0 radical (unpaired) electrons. The molecule has 8 nitrogen and oxygen atoms in total. The van der Waals surface area contributed by atoms with Gasteiger partial charge in [0.05, 0.1) is 36.9 Å². The van der Waals surface area contributed by atoms with E-state index in [4.69, 9.17) is 9.15 Å². The second-order valence-corrected chi connectivity index (χ2v) is 9.88. The summed E-state index contributed by atoms with van der Waals surface area (Å²) >= 11 is 3.32. The summed E-state index contributed by atoms with van der Waals surface area (Å²) in [5.74, 6) is -0.239. The minimum atomic E-state index is -4.14. The first-order chi connectivity index (χ1) is 15.3. The molecule has 2 heterocycles. The molecule has 4 rings (SSSR count). The van der Waals surface area contributed by atoms with E-state index in [1.807, 2.05) is 0 Å². The molecule has 0 bridgehead atoms. The highest BCUT2D eigenvalue weighted by Crippen LogP contribution is 2.31. The van der Waals surface area contributed by atoms with Crippen molar-refractivity contribution in [1.29, 1.82) is 0 Å². The number of carbonyl (C=O) groups is 2. The fourth-order valence-corrected chi connectivity index (χ4v) is 5.32. The molecule has 0 spiro atoms. The molecule has 1 aliphatic rings. The Morgan fingerprint density at radius 2 is 1.78 bits per heavy atom. The fraction of sp³-hybridized carbons (Fsp3) is 0.182. The molecule has 2 aromatic carbocycles. The van der Waals surface area contributed by atoms with Crippen LogP contribution in [-0.2, 0) is 26.2 Å². The smallest absolute Gasteiger partial charge is 0.252 e. The molecule has 1 fully saturated rings. The number of amides is 2. The summed E-state index contributed by atoms with van der Waals surface area (Å²) in [6.45, 7) is -0.195. The van der Waals surface area contributed by atoms with Gasteiger partial charge in [0.15, 0.2) is 0 Å². The van der Waals surface area contributed by atoms with Gasteiger partial charge in [-0.2, -0.15) is 4.31 Å². The Morgan fingerprint density at radius 3 is 2.38 bits per heavy atom. The minimum Gasteiger partial charge on any atom is -0.497 e. The zero-order chi connectivity index (χ0) is 22.9. The zero-order valence-electron chi connectivity index (χ0n) is 17.0. The predicted octanol–water partition coefficient (Wildman–Crippen LogP) is 3.57. The second-order valence-electron chi connectivity index (χ2n) is 7.07.